The molecular weight excluding hydrogens is 1310 g/mol. The first-order valence-corrected chi connectivity index (χ1v) is 31.9. The number of aliphatic hydroxyl groups excluding tert-OH is 6. The van der Waals surface area contributed by atoms with Crippen LogP contribution in [0.2, 0.25) is 0 Å². The van der Waals surface area contributed by atoms with Crippen LogP contribution in [0.5, 0.6) is 11.5 Å². The molecule has 4 saturated heterocycles. The summed E-state index contributed by atoms with van der Waals surface area (Å²) in [6.07, 6.45) is -13.5. The molecule has 0 bridgehead atoms. The van der Waals surface area contributed by atoms with Gasteiger partial charge in [-0.1, -0.05) is 72.9 Å². The Morgan fingerprint density at radius 3 is 1.93 bits per heavy atom. The summed E-state index contributed by atoms with van der Waals surface area (Å²) in [6, 6.07) is 14.1. The van der Waals surface area contributed by atoms with Crippen LogP contribution in [-0.4, -0.2) is 221 Å². The van der Waals surface area contributed by atoms with Crippen LogP contribution in [-0.2, 0) is 54.1 Å². The van der Waals surface area contributed by atoms with Crippen molar-refractivity contribution in [3.63, 3.8) is 0 Å². The molecule has 4 aliphatic rings. The Balaban J connectivity index is 0.0000118. The van der Waals surface area contributed by atoms with Crippen LogP contribution in [0.1, 0.15) is 62.9 Å². The molecule has 5 aromatic rings. The van der Waals surface area contributed by atoms with Gasteiger partial charge in [0.2, 0.25) is 41.4 Å². The first-order valence-electron chi connectivity index (χ1n) is 30.4. The quantitative estimate of drug-likeness (QED) is 0.0136. The van der Waals surface area contributed by atoms with Crippen LogP contribution >= 0.6 is 23.7 Å². The van der Waals surface area contributed by atoms with Gasteiger partial charge in [-0.2, -0.15) is 0 Å². The first-order chi connectivity index (χ1) is 45.3. The van der Waals surface area contributed by atoms with Crippen molar-refractivity contribution in [1.29, 1.82) is 0 Å². The third kappa shape index (κ3) is 18.2. The molecule has 31 nitrogen and oxygen atoms in total. The van der Waals surface area contributed by atoms with Crippen molar-refractivity contribution in [3.8, 4) is 43.8 Å². The minimum Gasteiger partial charge on any atom is -0.691 e. The normalized spacial score (nSPS) is 26.5. The molecule has 4 aliphatic heterocycles. The van der Waals surface area contributed by atoms with Crippen LogP contribution in [0, 0.1) is 5.92 Å². The number of rotatable bonds is 17. The predicted molar refractivity (Wildman–Crippen MR) is 336 cm³/mol. The van der Waals surface area contributed by atoms with E-state index >= 15 is 0 Å². The zero-order chi connectivity index (χ0) is 68.5. The Morgan fingerprint density at radius 1 is 0.729 bits per heavy atom. The Hall–Kier alpha value is -7.45. The van der Waals surface area contributed by atoms with Gasteiger partial charge in [-0.3, -0.25) is 43.4 Å². The number of β-amino-alcohol motifs (C(OH)–C–C–N with tert-alkyl or cyclic N) is 1. The van der Waals surface area contributed by atoms with E-state index in [9.17, 15) is 79.4 Å². The molecule has 0 radical (unpaired) electrons. The number of aromatic nitrogens is 2. The third-order valence-corrected chi connectivity index (χ3v) is 18.1. The average molecular weight is 1380 g/mol. The van der Waals surface area contributed by atoms with Gasteiger partial charge in [0.15, 0.2) is 11.5 Å². The van der Waals surface area contributed by atoms with Crippen LogP contribution in [0.15, 0.2) is 91.0 Å². The second kappa shape index (κ2) is 33.2. The number of primary amides is 1. The van der Waals surface area contributed by atoms with Crippen molar-refractivity contribution in [2.45, 2.75) is 138 Å². The topological polar surface area (TPSA) is 460 Å². The van der Waals surface area contributed by atoms with Crippen molar-refractivity contribution in [2.75, 3.05) is 37.6 Å². The Bertz CT molecular complexity index is 3570. The number of morpholine rings is 1. The van der Waals surface area contributed by atoms with Gasteiger partial charge in [-0.05, 0) is 73.9 Å². The van der Waals surface area contributed by atoms with Crippen molar-refractivity contribution in [2.24, 2.45) is 11.7 Å². The SMILES string of the molecule is CC(O)C1NC(=O)C(NC(=O)c2ccc(-c3nnc(-c4ccc(-c5ccc(N6C[C@@H](C)O[C@@H](C)C6)cc5)cc4)s3)cc2)CC(O)CNC(=O)C2C(O)C(C)CN2C(=O)C(C(O)CC(N)=O)NC(=O)C(C(O)Cc2ccc(O)c(OSOO[O-])c2)NC(=O)C2CC(O)CN2C1=O.[Na+]. The van der Waals surface area contributed by atoms with E-state index in [1.54, 1.807) is 12.1 Å². The number of aliphatic hydroxyl groups is 6. The molecule has 14 N–H and O–H groups in total. The van der Waals surface area contributed by atoms with Gasteiger partial charge in [-0.15, -0.1) is 14.5 Å². The standard InChI is InChI=1S/C62H75N11O20S2.Na/c1-29-25-73-52(53(29)81)58(86)64-24-40(75)21-42(65-54(82)36-8-12-38(13-9-36)60-70-69-59(94-60)37-10-6-34(7-11-37)35-14-16-39(17-15-35)71-26-30(2)90-31(3)27-71)55(83)66-49(32(4)74)61(87)72-28-41(76)22-43(72)56(84)67-50(57(85)68-51(62(73)88)46(79)23-48(63)80)45(78)19-33-5-18-44(77)47(20-33)91-95-93-92-89;/h5-18,20,29-32,40-43,45-46,49-53,74-79,81,89H,19,21-28H2,1-4H3,(H2,63,80)(H,64,86)(H,65,82)(H,66,83)(H,67,84)(H,68,85);/q;+1/p-1/t29?,30-,31+,32?,40?,41?,42?,43?,45?,46?,49?,50?,51?,52?,53?;. The minimum atomic E-state index is -2.23. The molecule has 510 valence electrons. The Morgan fingerprint density at radius 2 is 1.31 bits per heavy atom. The predicted octanol–water partition coefficient (Wildman–Crippen LogP) is -5.15. The number of carbonyl (C=O) groups is 8. The molecule has 13 unspecified atom stereocenters. The maximum absolute atomic E-state index is 14.7. The number of carbonyl (C=O) groups excluding carboxylic acids is 8. The van der Waals surface area contributed by atoms with Gasteiger partial charge in [0, 0.05) is 80.3 Å². The van der Waals surface area contributed by atoms with Crippen molar-refractivity contribution >= 4 is 76.6 Å². The van der Waals surface area contributed by atoms with Crippen LogP contribution in [0.3, 0.4) is 0 Å². The van der Waals surface area contributed by atoms with Crippen LogP contribution in [0.25, 0.3) is 32.3 Å². The summed E-state index contributed by atoms with van der Waals surface area (Å²) < 4.78 is 15.1. The maximum atomic E-state index is 14.7. The number of hydrogen-bond acceptors (Lipinski definition) is 25. The number of amides is 8. The fraction of sp³-hybridized carbons (Fsp3) is 0.452. The van der Waals surface area contributed by atoms with Gasteiger partial charge in [0.05, 0.1) is 55.3 Å². The molecule has 0 saturated carbocycles. The van der Waals surface area contributed by atoms with Crippen LogP contribution in [0.4, 0.5) is 5.69 Å². The van der Waals surface area contributed by atoms with E-state index < -0.39 is 177 Å². The first kappa shape index (κ1) is 74.3. The zero-order valence-corrected chi connectivity index (χ0v) is 56.4. The van der Waals surface area contributed by atoms with E-state index in [2.05, 4.69) is 89.2 Å². The number of ether oxygens (including phenoxy) is 1. The summed E-state index contributed by atoms with van der Waals surface area (Å²) in [5.74, 6) is -11.2. The fourth-order valence-electron chi connectivity index (χ4n) is 11.9. The molecule has 1 aromatic heterocycles. The van der Waals surface area contributed by atoms with Gasteiger partial charge >= 0.3 is 29.6 Å². The number of fused-ring (bicyclic) bond motifs is 2. The molecule has 96 heavy (non-hydrogen) atoms. The number of aromatic hydroxyl groups is 1. The number of nitrogens with zero attached hydrogens (tertiary/aromatic N) is 5. The molecule has 34 heteroatoms. The second-order valence-electron chi connectivity index (χ2n) is 24.0. The van der Waals surface area contributed by atoms with Gasteiger partial charge in [0.25, 0.3) is 18.2 Å². The van der Waals surface area contributed by atoms with E-state index in [0.29, 0.717) is 15.6 Å². The van der Waals surface area contributed by atoms with Crippen molar-refractivity contribution < 1.29 is 127 Å². The molecule has 4 aromatic carbocycles. The fourth-order valence-corrected chi connectivity index (χ4v) is 13.0. The Kier molecular flexibility index (Phi) is 25.7. The minimum absolute atomic E-state index is 0. The summed E-state index contributed by atoms with van der Waals surface area (Å²) in [4.78, 5) is 118. The number of nitrogens with two attached hydrogens (primary N) is 1. The number of phenolic OH excluding ortho intramolecular Hbond substituents is 1. The smallest absolute Gasteiger partial charge is 0.691 e. The molecule has 9 rings (SSSR count). The second-order valence-corrected chi connectivity index (χ2v) is 25.5. The average Bonchev–Trinajstić information content (AvgIpc) is 1.60. The Labute approximate surface area is 580 Å². The summed E-state index contributed by atoms with van der Waals surface area (Å²) in [7, 11) is 0. The van der Waals surface area contributed by atoms with Gasteiger partial charge in [-0.25, -0.2) is 0 Å². The molecule has 15 atom stereocenters. The van der Waals surface area contributed by atoms with Gasteiger partial charge in [0.1, 0.15) is 46.3 Å². The maximum Gasteiger partial charge on any atom is 1.00 e. The van der Waals surface area contributed by atoms with E-state index in [1.165, 1.54) is 36.5 Å². The van der Waals surface area contributed by atoms with E-state index in [-0.39, 0.29) is 71.0 Å². The number of phenols is 1. The summed E-state index contributed by atoms with van der Waals surface area (Å²) in [6.45, 7) is 6.58. The molecule has 0 aliphatic carbocycles. The molecule has 8 amide bonds. The van der Waals surface area contributed by atoms with Crippen molar-refractivity contribution in [1.82, 2.24) is 46.6 Å². The largest absolute Gasteiger partial charge is 1.00 e. The number of hydrogen-bond donors (Lipinski definition) is 13. The number of anilines is 1. The van der Waals surface area contributed by atoms with Gasteiger partial charge < -0.3 is 96.9 Å². The third-order valence-electron chi connectivity index (χ3n) is 16.7. The van der Waals surface area contributed by atoms with Crippen molar-refractivity contribution in [3.05, 3.63) is 102 Å². The molecular formula is C62H74N11NaO20S2. The number of benzene rings is 4. The van der Waals surface area contributed by atoms with E-state index in [4.69, 9.17) is 14.7 Å². The molecule has 4 fully saturated rings. The monoisotopic (exact) mass is 1380 g/mol. The zero-order valence-electron chi connectivity index (χ0n) is 52.8. The van der Waals surface area contributed by atoms with Crippen LogP contribution < -0.4 is 76.2 Å². The van der Waals surface area contributed by atoms with E-state index in [1.807, 2.05) is 24.3 Å². The summed E-state index contributed by atoms with van der Waals surface area (Å²) >= 11 is 1.29. The number of nitrogens with one attached hydrogen (secondary N) is 5. The molecule has 0 spiro atoms. The summed E-state index contributed by atoms with van der Waals surface area (Å²) in [5.41, 5.74) is 10.0. The molecule has 5 heterocycles. The summed E-state index contributed by atoms with van der Waals surface area (Å²) in [5, 5.41) is 114. The van der Waals surface area contributed by atoms with E-state index in [0.717, 1.165) is 64.3 Å².